The second-order valence-corrected chi connectivity index (χ2v) is 3.35. The maximum absolute atomic E-state index is 3.99. The molecule has 0 aliphatic heterocycles. The first-order valence-electron chi connectivity index (χ1n) is 2.22. The van der Waals surface area contributed by atoms with Crippen molar-refractivity contribution in [2.75, 3.05) is 0 Å². The molecular weight excluding hydrogens is 344 g/mol. The Kier molecular flexibility index (Phi) is 2.56. The third-order valence-corrected chi connectivity index (χ3v) is 1.66. The van der Waals surface area contributed by atoms with Crippen LogP contribution < -0.4 is 0 Å². The highest BCUT2D eigenvalue weighted by molar-refractivity contribution is 14.1. The molecule has 0 spiro atoms. The number of hydrogen-bond acceptors (Lipinski definition) is 3. The molecule has 0 unspecified atom stereocenters. The molecule has 0 aliphatic carbocycles. The zero-order chi connectivity index (χ0) is 6.85. The summed E-state index contributed by atoms with van der Waals surface area (Å²) in [6.45, 7) is 1.85. The van der Waals surface area contributed by atoms with Gasteiger partial charge < -0.3 is 0 Å². The lowest BCUT2D eigenvalue weighted by Crippen LogP contribution is -1.97. The predicted molar refractivity (Wildman–Crippen MR) is 50.0 cm³/mol. The van der Waals surface area contributed by atoms with Crippen molar-refractivity contribution in [3.8, 4) is 0 Å². The molecule has 0 saturated carbocycles. The Morgan fingerprint density at radius 2 is 1.44 bits per heavy atom. The van der Waals surface area contributed by atoms with E-state index in [0.29, 0.717) is 0 Å². The average Bonchev–Trinajstić information content (AvgIpc) is 1.59. The van der Waals surface area contributed by atoms with Crippen molar-refractivity contribution in [2.45, 2.75) is 6.92 Å². The quantitative estimate of drug-likeness (QED) is 0.666. The lowest BCUT2D eigenvalue weighted by molar-refractivity contribution is 0.910. The zero-order valence-corrected chi connectivity index (χ0v) is 8.91. The van der Waals surface area contributed by atoms with Gasteiger partial charge in [-0.05, 0) is 6.92 Å². The highest BCUT2D eigenvalue weighted by atomic mass is 127. The molecule has 0 amide bonds. The summed E-state index contributed by atoms with van der Waals surface area (Å²) in [6, 6.07) is 0. The number of halogens is 2. The smallest absolute Gasteiger partial charge is 0.194 e. The van der Waals surface area contributed by atoms with Gasteiger partial charge in [0.1, 0.15) is 5.82 Å². The number of rotatable bonds is 0. The van der Waals surface area contributed by atoms with Crippen LogP contribution in [0.15, 0.2) is 0 Å². The van der Waals surface area contributed by atoms with Crippen LogP contribution in [0.3, 0.4) is 0 Å². The fourth-order valence-corrected chi connectivity index (χ4v) is 2.03. The molecule has 0 fully saturated rings. The van der Waals surface area contributed by atoms with E-state index in [9.17, 15) is 0 Å². The SMILES string of the molecule is Cc1nc(I)nc(I)n1. The van der Waals surface area contributed by atoms with Crippen LogP contribution in [0, 0.1) is 14.6 Å². The molecule has 0 saturated heterocycles. The molecule has 0 aliphatic rings. The number of aryl methyl sites for hydroxylation is 1. The van der Waals surface area contributed by atoms with Gasteiger partial charge in [-0.3, -0.25) is 0 Å². The van der Waals surface area contributed by atoms with Gasteiger partial charge in [0.25, 0.3) is 0 Å². The van der Waals surface area contributed by atoms with E-state index < -0.39 is 0 Å². The fourth-order valence-electron chi connectivity index (χ4n) is 0.418. The van der Waals surface area contributed by atoms with Crippen LogP contribution in [0.2, 0.25) is 0 Å². The highest BCUT2D eigenvalue weighted by Crippen LogP contribution is 2.00. The Hall–Kier alpha value is 0.470. The van der Waals surface area contributed by atoms with Crippen LogP contribution in [-0.4, -0.2) is 15.0 Å². The van der Waals surface area contributed by atoms with Gasteiger partial charge in [0, 0.05) is 45.2 Å². The van der Waals surface area contributed by atoms with Crippen LogP contribution in [-0.2, 0) is 0 Å². The van der Waals surface area contributed by atoms with E-state index in [4.69, 9.17) is 0 Å². The van der Waals surface area contributed by atoms with E-state index in [1.54, 1.807) is 0 Å². The van der Waals surface area contributed by atoms with Gasteiger partial charge in [-0.2, -0.15) is 4.98 Å². The molecule has 1 aromatic rings. The van der Waals surface area contributed by atoms with Crippen molar-refractivity contribution < 1.29 is 0 Å². The molecule has 0 radical (unpaired) electrons. The second-order valence-electron chi connectivity index (χ2n) is 1.42. The Balaban J connectivity index is 3.17. The van der Waals surface area contributed by atoms with E-state index in [0.717, 1.165) is 13.5 Å². The third-order valence-electron chi connectivity index (χ3n) is 0.693. The lowest BCUT2D eigenvalue weighted by Gasteiger charge is -1.91. The van der Waals surface area contributed by atoms with Crippen molar-refractivity contribution in [2.24, 2.45) is 0 Å². The first kappa shape index (κ1) is 7.58. The van der Waals surface area contributed by atoms with E-state index in [1.165, 1.54) is 0 Å². The van der Waals surface area contributed by atoms with Crippen LogP contribution in [0.1, 0.15) is 5.82 Å². The topological polar surface area (TPSA) is 38.7 Å². The van der Waals surface area contributed by atoms with Crippen molar-refractivity contribution >= 4 is 45.2 Å². The van der Waals surface area contributed by atoms with Gasteiger partial charge in [-0.15, -0.1) is 0 Å². The van der Waals surface area contributed by atoms with Gasteiger partial charge in [0.05, 0.1) is 0 Å². The third kappa shape index (κ3) is 2.28. The number of aromatic nitrogens is 3. The molecule has 0 bridgehead atoms. The Morgan fingerprint density at radius 1 is 1.00 bits per heavy atom. The monoisotopic (exact) mass is 347 g/mol. The lowest BCUT2D eigenvalue weighted by atomic mass is 10.7. The summed E-state index contributed by atoms with van der Waals surface area (Å²) in [5.74, 6) is 0.777. The molecule has 5 heteroatoms. The molecular formula is C4H3I2N3. The molecule has 1 aromatic heterocycles. The molecule has 1 heterocycles. The minimum absolute atomic E-state index is 0.754. The Morgan fingerprint density at radius 3 is 1.78 bits per heavy atom. The second kappa shape index (κ2) is 3.04. The minimum atomic E-state index is 0.754. The Bertz CT molecular complexity index is 175. The predicted octanol–water partition coefficient (Wildman–Crippen LogP) is 1.39. The molecule has 9 heavy (non-hydrogen) atoms. The zero-order valence-electron chi connectivity index (χ0n) is 4.60. The Labute approximate surface area is 80.0 Å². The minimum Gasteiger partial charge on any atom is -0.208 e. The van der Waals surface area contributed by atoms with Crippen molar-refractivity contribution in [3.05, 3.63) is 13.5 Å². The number of nitrogens with zero attached hydrogens (tertiary/aromatic N) is 3. The van der Waals surface area contributed by atoms with E-state index in [2.05, 4.69) is 60.1 Å². The highest BCUT2D eigenvalue weighted by Gasteiger charge is 1.94. The standard InChI is InChI=1S/C4H3I2N3/c1-2-7-3(5)9-4(6)8-2/h1H3. The van der Waals surface area contributed by atoms with Gasteiger partial charge in [0.2, 0.25) is 0 Å². The molecule has 0 N–H and O–H groups in total. The summed E-state index contributed by atoms with van der Waals surface area (Å²) >= 11 is 4.13. The summed E-state index contributed by atoms with van der Waals surface area (Å²) in [5, 5.41) is 0. The van der Waals surface area contributed by atoms with Gasteiger partial charge in [-0.1, -0.05) is 0 Å². The van der Waals surface area contributed by atoms with Gasteiger partial charge in [-0.25, -0.2) is 9.97 Å². The molecule has 0 aromatic carbocycles. The summed E-state index contributed by atoms with van der Waals surface area (Å²) in [4.78, 5) is 12.0. The normalized spacial score (nSPS) is 9.67. The van der Waals surface area contributed by atoms with Crippen LogP contribution in [0.4, 0.5) is 0 Å². The molecule has 1 rings (SSSR count). The van der Waals surface area contributed by atoms with Gasteiger partial charge in [0.15, 0.2) is 7.66 Å². The number of hydrogen-bond donors (Lipinski definition) is 0. The van der Waals surface area contributed by atoms with Crippen LogP contribution in [0.5, 0.6) is 0 Å². The van der Waals surface area contributed by atoms with Gasteiger partial charge >= 0.3 is 0 Å². The van der Waals surface area contributed by atoms with E-state index in [-0.39, 0.29) is 0 Å². The van der Waals surface area contributed by atoms with E-state index in [1.807, 2.05) is 6.92 Å². The maximum Gasteiger partial charge on any atom is 0.194 e. The summed E-state index contributed by atoms with van der Waals surface area (Å²) < 4.78 is 1.51. The van der Waals surface area contributed by atoms with Crippen molar-refractivity contribution in [1.82, 2.24) is 15.0 Å². The molecule has 3 nitrogen and oxygen atoms in total. The molecule has 48 valence electrons. The largest absolute Gasteiger partial charge is 0.208 e. The summed E-state index contributed by atoms with van der Waals surface area (Å²) in [7, 11) is 0. The average molecular weight is 347 g/mol. The first-order chi connectivity index (χ1) is 4.18. The first-order valence-corrected chi connectivity index (χ1v) is 4.38. The van der Waals surface area contributed by atoms with Crippen molar-refractivity contribution in [3.63, 3.8) is 0 Å². The van der Waals surface area contributed by atoms with Crippen molar-refractivity contribution in [1.29, 1.82) is 0 Å². The maximum atomic E-state index is 3.99. The van der Waals surface area contributed by atoms with Crippen LogP contribution >= 0.6 is 45.2 Å². The van der Waals surface area contributed by atoms with Crippen LogP contribution in [0.25, 0.3) is 0 Å². The molecule has 0 atom stereocenters. The van der Waals surface area contributed by atoms with E-state index >= 15 is 0 Å². The fraction of sp³-hybridized carbons (Fsp3) is 0.250. The summed E-state index contributed by atoms with van der Waals surface area (Å²) in [6.07, 6.45) is 0. The summed E-state index contributed by atoms with van der Waals surface area (Å²) in [5.41, 5.74) is 0.